The summed E-state index contributed by atoms with van der Waals surface area (Å²) in [6, 6.07) is 72.6. The summed E-state index contributed by atoms with van der Waals surface area (Å²) in [5.41, 5.74) is 11.9. The number of methoxy groups -OCH3 is 2. The third-order valence-electron chi connectivity index (χ3n) is 15.2. The van der Waals surface area contributed by atoms with Crippen LogP contribution in [0.25, 0.3) is 32.3 Å². The van der Waals surface area contributed by atoms with E-state index in [4.69, 9.17) is 9.47 Å². The number of nitrogens with zero attached hydrogens (tertiary/aromatic N) is 4. The van der Waals surface area contributed by atoms with Crippen molar-refractivity contribution in [1.29, 1.82) is 0 Å². The minimum Gasteiger partial charge on any atom is -0.497 e. The van der Waals surface area contributed by atoms with E-state index in [1.807, 2.05) is 121 Å². The highest BCUT2D eigenvalue weighted by molar-refractivity contribution is 6.33. The molecule has 406 valence electrons. The van der Waals surface area contributed by atoms with Crippen molar-refractivity contribution in [2.75, 3.05) is 33.8 Å². The maximum atomic E-state index is 12.2. The Bertz CT molecular complexity index is 4030. The van der Waals surface area contributed by atoms with Gasteiger partial charge in [0.1, 0.15) is 49.2 Å². The lowest BCUT2D eigenvalue weighted by atomic mass is 9.89. The predicted octanol–water partition coefficient (Wildman–Crippen LogP) is 17.4. The molecular formula is C72H50N4O8. The number of benzene rings is 12. The highest BCUT2D eigenvalue weighted by Gasteiger charge is 2.29. The number of anilines is 12. The fourth-order valence-corrected chi connectivity index (χ4v) is 11.0. The van der Waals surface area contributed by atoms with Crippen molar-refractivity contribution in [2.24, 2.45) is 0 Å². The van der Waals surface area contributed by atoms with E-state index in [1.165, 1.54) is 0 Å². The Morgan fingerprint density at radius 1 is 0.238 bits per heavy atom. The normalized spacial score (nSPS) is 11.0. The smallest absolute Gasteiger partial charge is 0.150 e. The Kier molecular flexibility index (Phi) is 14.5. The number of hydrogen-bond donors (Lipinski definition) is 0. The summed E-state index contributed by atoms with van der Waals surface area (Å²) < 4.78 is 11.4. The van der Waals surface area contributed by atoms with Gasteiger partial charge in [-0.15, -0.1) is 0 Å². The van der Waals surface area contributed by atoms with E-state index in [0.717, 1.165) is 138 Å². The Balaban J connectivity index is 1.29. The standard InChI is InChI=1S/C72H50N4O8/c1-83-61-31-27-59(28-32-61)75(57-23-11-51(45-81)12-24-57)69-39-67(73(53-15-3-47(41-77)4-16-53)54-17-5-48(42-78)6-18-54)63-35-36-64-68(74(55-19-7-49(43-79)8-20-55)56-21-9-50(44-80)10-22-56)40-70(66-38-37-65(69)71(63)72(64)66)76(58-25-13-52(46-82)14-26-58)60-29-33-62(84-2)34-30-60/h3-46H,1-2H3. The minimum atomic E-state index is 0.490. The van der Waals surface area contributed by atoms with Crippen LogP contribution in [0.4, 0.5) is 68.2 Å². The molecule has 0 N–H and O–H groups in total. The molecule has 0 aliphatic rings. The zero-order valence-electron chi connectivity index (χ0n) is 45.5. The van der Waals surface area contributed by atoms with Crippen LogP contribution in [-0.2, 0) is 0 Å². The first-order chi connectivity index (χ1) is 41.3. The van der Waals surface area contributed by atoms with Crippen LogP contribution < -0.4 is 29.1 Å². The van der Waals surface area contributed by atoms with Gasteiger partial charge in [0.15, 0.2) is 0 Å². The molecule has 84 heavy (non-hydrogen) atoms. The van der Waals surface area contributed by atoms with Gasteiger partial charge in [-0.3, -0.25) is 28.8 Å². The van der Waals surface area contributed by atoms with Crippen LogP contribution in [0.1, 0.15) is 62.1 Å². The van der Waals surface area contributed by atoms with Crippen LogP contribution in [0.15, 0.2) is 231 Å². The van der Waals surface area contributed by atoms with Crippen LogP contribution >= 0.6 is 0 Å². The summed E-state index contributed by atoms with van der Waals surface area (Å²) in [6.45, 7) is 0. The first kappa shape index (κ1) is 53.2. The van der Waals surface area contributed by atoms with Crippen LogP contribution in [0, 0.1) is 0 Å². The maximum Gasteiger partial charge on any atom is 0.150 e. The van der Waals surface area contributed by atoms with Gasteiger partial charge in [0.25, 0.3) is 0 Å². The van der Waals surface area contributed by atoms with Crippen molar-refractivity contribution in [3.63, 3.8) is 0 Å². The van der Waals surface area contributed by atoms with Crippen LogP contribution in [0.5, 0.6) is 11.5 Å². The molecule has 0 bridgehead atoms. The highest BCUT2D eigenvalue weighted by Crippen LogP contribution is 2.55. The van der Waals surface area contributed by atoms with Crippen LogP contribution in [0.2, 0.25) is 0 Å². The van der Waals surface area contributed by atoms with Crippen molar-refractivity contribution < 1.29 is 38.2 Å². The average Bonchev–Trinajstić information content (AvgIpc) is 1.38. The van der Waals surface area contributed by atoms with Crippen molar-refractivity contribution >= 4 is 138 Å². The van der Waals surface area contributed by atoms with Gasteiger partial charge in [-0.25, -0.2) is 0 Å². The van der Waals surface area contributed by atoms with E-state index < -0.39 is 0 Å². The zero-order chi connectivity index (χ0) is 57.8. The molecule has 0 unspecified atom stereocenters. The van der Waals surface area contributed by atoms with E-state index in [-0.39, 0.29) is 0 Å². The average molecular weight is 1100 g/mol. The molecule has 12 aromatic rings. The first-order valence-corrected chi connectivity index (χ1v) is 26.9. The molecule has 0 spiro atoms. The van der Waals surface area contributed by atoms with Gasteiger partial charge in [0.2, 0.25) is 0 Å². The lowest BCUT2D eigenvalue weighted by molar-refractivity contribution is 0.111. The van der Waals surface area contributed by atoms with Crippen molar-refractivity contribution in [3.8, 4) is 11.5 Å². The molecule has 0 aliphatic carbocycles. The molecule has 12 aromatic carbocycles. The van der Waals surface area contributed by atoms with E-state index in [1.54, 1.807) is 87.0 Å². The van der Waals surface area contributed by atoms with Gasteiger partial charge in [0, 0.05) is 111 Å². The van der Waals surface area contributed by atoms with Gasteiger partial charge < -0.3 is 29.1 Å². The summed E-state index contributed by atoms with van der Waals surface area (Å²) in [4.78, 5) is 82.0. The van der Waals surface area contributed by atoms with Gasteiger partial charge in [-0.2, -0.15) is 0 Å². The van der Waals surface area contributed by atoms with Crippen molar-refractivity contribution in [1.82, 2.24) is 0 Å². The molecule has 12 nitrogen and oxygen atoms in total. The summed E-state index contributed by atoms with van der Waals surface area (Å²) in [5.74, 6) is 1.31. The third-order valence-corrected chi connectivity index (χ3v) is 15.2. The summed E-state index contributed by atoms with van der Waals surface area (Å²) >= 11 is 0. The van der Waals surface area contributed by atoms with E-state index in [0.29, 0.717) is 44.9 Å². The lowest BCUT2D eigenvalue weighted by Crippen LogP contribution is -2.16. The fourth-order valence-electron chi connectivity index (χ4n) is 11.0. The van der Waals surface area contributed by atoms with Gasteiger partial charge in [0.05, 0.1) is 37.0 Å². The lowest BCUT2D eigenvalue weighted by Gasteiger charge is -2.34. The third kappa shape index (κ3) is 9.79. The fraction of sp³-hybridized carbons (Fsp3) is 0.0278. The molecule has 0 fully saturated rings. The Morgan fingerprint density at radius 2 is 0.405 bits per heavy atom. The topological polar surface area (TPSA) is 134 Å². The molecule has 0 aromatic heterocycles. The molecule has 0 saturated heterocycles. The predicted molar refractivity (Wildman–Crippen MR) is 334 cm³/mol. The number of hydrogen-bond acceptors (Lipinski definition) is 12. The number of ether oxygens (including phenoxy) is 2. The second kappa shape index (κ2) is 22.9. The maximum absolute atomic E-state index is 12.2. The second-order valence-electron chi connectivity index (χ2n) is 19.9. The molecule has 0 radical (unpaired) electrons. The SMILES string of the molecule is COc1ccc(N(c2ccc(C=O)cc2)c2cc(N(c3ccc(C=O)cc3)c3ccc(C=O)cc3)c3ccc4c(N(c5ccc(C=O)cc5)c5ccc(C=O)cc5)cc(N(c5ccc(C=O)cc5)c5ccc(OC)cc5)c5ccc2c3c45)cc1. The monoisotopic (exact) mass is 1100 g/mol. The van der Waals surface area contributed by atoms with Gasteiger partial charge >= 0.3 is 0 Å². The Labute approximate surface area is 483 Å². The zero-order valence-corrected chi connectivity index (χ0v) is 45.5. The summed E-state index contributed by atoms with van der Waals surface area (Å²) in [6.07, 6.45) is 4.86. The Hall–Kier alpha value is -11.5. The van der Waals surface area contributed by atoms with Crippen LogP contribution in [-0.4, -0.2) is 51.9 Å². The summed E-state index contributed by atoms with van der Waals surface area (Å²) in [7, 11) is 3.24. The molecule has 0 saturated carbocycles. The van der Waals surface area contributed by atoms with E-state index in [9.17, 15) is 28.8 Å². The number of carbonyl (C=O) groups excluding carboxylic acids is 6. The number of carbonyl (C=O) groups is 6. The Morgan fingerprint density at radius 3 is 0.560 bits per heavy atom. The first-order valence-electron chi connectivity index (χ1n) is 26.9. The molecule has 0 amide bonds. The van der Waals surface area contributed by atoms with Crippen LogP contribution in [0.3, 0.4) is 0 Å². The van der Waals surface area contributed by atoms with Gasteiger partial charge in [-0.1, -0.05) is 24.3 Å². The molecule has 0 heterocycles. The molecular weight excluding hydrogens is 1050 g/mol. The number of aldehydes is 6. The molecule has 12 heteroatoms. The summed E-state index contributed by atoms with van der Waals surface area (Å²) in [5, 5.41) is 5.09. The molecule has 0 aliphatic heterocycles. The van der Waals surface area contributed by atoms with Crippen molar-refractivity contribution in [3.05, 3.63) is 264 Å². The minimum absolute atomic E-state index is 0.490. The molecule has 12 rings (SSSR count). The van der Waals surface area contributed by atoms with E-state index >= 15 is 0 Å². The quantitative estimate of drug-likeness (QED) is 0.0531. The highest BCUT2D eigenvalue weighted by atomic mass is 16.5. The van der Waals surface area contributed by atoms with Crippen molar-refractivity contribution in [2.45, 2.75) is 0 Å². The van der Waals surface area contributed by atoms with E-state index in [2.05, 4.69) is 56.0 Å². The second-order valence-corrected chi connectivity index (χ2v) is 19.9. The molecule has 0 atom stereocenters. The van der Waals surface area contributed by atoms with Gasteiger partial charge in [-0.05, 0) is 206 Å². The largest absolute Gasteiger partial charge is 0.497 e. The number of rotatable bonds is 20.